The van der Waals surface area contributed by atoms with Crippen LogP contribution in [0.5, 0.6) is 0 Å². The van der Waals surface area contributed by atoms with Crippen LogP contribution in [0.15, 0.2) is 52.3 Å². The van der Waals surface area contributed by atoms with Crippen LogP contribution in [-0.4, -0.2) is 19.8 Å². The molecule has 0 aliphatic rings. The molecule has 0 bridgehead atoms. The van der Waals surface area contributed by atoms with Crippen LogP contribution < -0.4 is 4.72 Å². The number of benzene rings is 2. The molecule has 0 fully saturated rings. The number of thioether (sulfide) groups is 1. The van der Waals surface area contributed by atoms with Gasteiger partial charge in [-0.2, -0.15) is 0 Å². The molecular formula is C14H14FNO3S2. The Morgan fingerprint density at radius 3 is 2.43 bits per heavy atom. The van der Waals surface area contributed by atoms with E-state index in [2.05, 4.69) is 4.72 Å². The first-order chi connectivity index (χ1) is 9.96. The van der Waals surface area contributed by atoms with E-state index in [0.717, 1.165) is 17.0 Å². The van der Waals surface area contributed by atoms with Crippen LogP contribution in [-0.2, 0) is 16.6 Å². The summed E-state index contributed by atoms with van der Waals surface area (Å²) in [4.78, 5) is 0.509. The van der Waals surface area contributed by atoms with E-state index in [1.807, 2.05) is 6.26 Å². The van der Waals surface area contributed by atoms with E-state index >= 15 is 0 Å². The van der Waals surface area contributed by atoms with Gasteiger partial charge in [-0.1, -0.05) is 6.07 Å². The van der Waals surface area contributed by atoms with E-state index < -0.39 is 20.7 Å². The highest BCUT2D eigenvalue weighted by Gasteiger charge is 2.19. The van der Waals surface area contributed by atoms with Crippen molar-refractivity contribution in [3.63, 3.8) is 0 Å². The summed E-state index contributed by atoms with van der Waals surface area (Å²) < 4.78 is 40.5. The van der Waals surface area contributed by atoms with Gasteiger partial charge in [0.1, 0.15) is 10.7 Å². The van der Waals surface area contributed by atoms with Crippen molar-refractivity contribution in [3.05, 3.63) is 53.8 Å². The second kappa shape index (κ2) is 6.46. The van der Waals surface area contributed by atoms with Crippen molar-refractivity contribution in [2.75, 3.05) is 11.0 Å². The molecule has 2 N–H and O–H groups in total. The van der Waals surface area contributed by atoms with E-state index in [0.29, 0.717) is 11.3 Å². The normalized spacial score (nSPS) is 11.4. The van der Waals surface area contributed by atoms with Crippen LogP contribution in [0.4, 0.5) is 10.1 Å². The lowest BCUT2D eigenvalue weighted by Crippen LogP contribution is -2.15. The zero-order valence-electron chi connectivity index (χ0n) is 11.2. The predicted octanol–water partition coefficient (Wildman–Crippen LogP) is 2.84. The Bertz CT molecular complexity index is 730. The van der Waals surface area contributed by atoms with Gasteiger partial charge in [0.15, 0.2) is 0 Å². The lowest BCUT2D eigenvalue weighted by atomic mass is 10.2. The fourth-order valence-corrected chi connectivity index (χ4v) is 3.32. The molecule has 0 aliphatic carbocycles. The molecule has 7 heteroatoms. The molecule has 112 valence electrons. The first kappa shape index (κ1) is 15.8. The van der Waals surface area contributed by atoms with Crippen LogP contribution in [0.25, 0.3) is 0 Å². The molecule has 0 aliphatic heterocycles. The number of anilines is 1. The van der Waals surface area contributed by atoms with Gasteiger partial charge in [0, 0.05) is 10.6 Å². The van der Waals surface area contributed by atoms with Crippen molar-refractivity contribution in [2.24, 2.45) is 0 Å². The highest BCUT2D eigenvalue weighted by molar-refractivity contribution is 7.98. The number of hydrogen-bond donors (Lipinski definition) is 2. The Labute approximate surface area is 127 Å². The maximum Gasteiger partial charge on any atom is 0.264 e. The molecule has 0 saturated carbocycles. The van der Waals surface area contributed by atoms with E-state index in [9.17, 15) is 12.8 Å². The molecule has 0 saturated heterocycles. The second-order valence-electron chi connectivity index (χ2n) is 4.26. The van der Waals surface area contributed by atoms with Gasteiger partial charge >= 0.3 is 0 Å². The fraction of sp³-hybridized carbons (Fsp3) is 0.143. The number of hydrogen-bond acceptors (Lipinski definition) is 4. The first-order valence-corrected chi connectivity index (χ1v) is 8.73. The zero-order valence-corrected chi connectivity index (χ0v) is 12.8. The summed E-state index contributed by atoms with van der Waals surface area (Å²) in [5.41, 5.74) is 0.677. The van der Waals surface area contributed by atoms with Crippen LogP contribution in [0.3, 0.4) is 0 Å². The standard InChI is InChI=1S/C14H14FNO3S2/c1-20-12-5-3-11(4-6-12)16-21(18,19)14-8-10(9-17)2-7-13(14)15/h2-8,16-17H,9H2,1H3. The summed E-state index contributed by atoms with van der Waals surface area (Å²) >= 11 is 1.53. The van der Waals surface area contributed by atoms with Crippen molar-refractivity contribution in [3.8, 4) is 0 Å². The third-order valence-corrected chi connectivity index (χ3v) is 4.95. The molecule has 21 heavy (non-hydrogen) atoms. The van der Waals surface area contributed by atoms with E-state index in [1.165, 1.54) is 17.8 Å². The minimum atomic E-state index is -4.04. The molecule has 0 amide bonds. The van der Waals surface area contributed by atoms with E-state index in [1.54, 1.807) is 24.3 Å². The Morgan fingerprint density at radius 1 is 1.19 bits per heavy atom. The first-order valence-electron chi connectivity index (χ1n) is 6.02. The fourth-order valence-electron chi connectivity index (χ4n) is 1.72. The zero-order chi connectivity index (χ0) is 15.5. The summed E-state index contributed by atoms with van der Waals surface area (Å²) in [7, 11) is -4.04. The molecule has 0 radical (unpaired) electrons. The van der Waals surface area contributed by atoms with E-state index in [-0.39, 0.29) is 6.61 Å². The third-order valence-electron chi connectivity index (χ3n) is 2.81. The van der Waals surface area contributed by atoms with Gasteiger partial charge in [-0.05, 0) is 48.2 Å². The van der Waals surface area contributed by atoms with Crippen LogP contribution in [0.2, 0.25) is 0 Å². The average molecular weight is 327 g/mol. The van der Waals surface area contributed by atoms with Gasteiger partial charge in [-0.3, -0.25) is 4.72 Å². The van der Waals surface area contributed by atoms with Gasteiger partial charge in [0.05, 0.1) is 6.61 Å². The lowest BCUT2D eigenvalue weighted by molar-refractivity contribution is 0.281. The largest absolute Gasteiger partial charge is 0.392 e. The molecule has 4 nitrogen and oxygen atoms in total. The smallest absolute Gasteiger partial charge is 0.264 e. The van der Waals surface area contributed by atoms with Crippen molar-refractivity contribution < 1.29 is 17.9 Å². The van der Waals surface area contributed by atoms with Gasteiger partial charge in [0.25, 0.3) is 10.0 Å². The van der Waals surface area contributed by atoms with Crippen molar-refractivity contribution >= 4 is 27.5 Å². The van der Waals surface area contributed by atoms with Crippen LogP contribution >= 0.6 is 11.8 Å². The molecule has 2 aromatic rings. The molecule has 2 rings (SSSR count). The summed E-state index contributed by atoms with van der Waals surface area (Å²) in [6.45, 7) is -0.356. The predicted molar refractivity (Wildman–Crippen MR) is 81.4 cm³/mol. The number of rotatable bonds is 5. The number of nitrogens with one attached hydrogen (secondary N) is 1. The highest BCUT2D eigenvalue weighted by atomic mass is 32.2. The average Bonchev–Trinajstić information content (AvgIpc) is 2.48. The third kappa shape index (κ3) is 3.75. The molecule has 0 heterocycles. The molecule has 0 unspecified atom stereocenters. The highest BCUT2D eigenvalue weighted by Crippen LogP contribution is 2.22. The van der Waals surface area contributed by atoms with Gasteiger partial charge in [0.2, 0.25) is 0 Å². The summed E-state index contributed by atoms with van der Waals surface area (Å²) in [5, 5.41) is 9.03. The van der Waals surface area contributed by atoms with Crippen molar-refractivity contribution in [1.29, 1.82) is 0 Å². The number of halogens is 1. The summed E-state index contributed by atoms with van der Waals surface area (Å²) in [5.74, 6) is -0.861. The minimum absolute atomic E-state index is 0.328. The molecule has 2 aromatic carbocycles. The molecule has 0 atom stereocenters. The SMILES string of the molecule is CSc1ccc(NS(=O)(=O)c2cc(CO)ccc2F)cc1. The van der Waals surface area contributed by atoms with Crippen LogP contribution in [0, 0.1) is 5.82 Å². The number of sulfonamides is 1. The maximum absolute atomic E-state index is 13.7. The Hall–Kier alpha value is -1.57. The quantitative estimate of drug-likeness (QED) is 0.829. The van der Waals surface area contributed by atoms with E-state index in [4.69, 9.17) is 5.11 Å². The van der Waals surface area contributed by atoms with Gasteiger partial charge in [-0.25, -0.2) is 12.8 Å². The number of aliphatic hydroxyl groups excluding tert-OH is 1. The van der Waals surface area contributed by atoms with Crippen molar-refractivity contribution in [2.45, 2.75) is 16.4 Å². The van der Waals surface area contributed by atoms with Gasteiger partial charge in [-0.15, -0.1) is 11.8 Å². The Morgan fingerprint density at radius 2 is 1.86 bits per heavy atom. The summed E-state index contributed by atoms with van der Waals surface area (Å²) in [6, 6.07) is 10.2. The second-order valence-corrected chi connectivity index (χ2v) is 6.79. The number of aliphatic hydroxyl groups is 1. The Kier molecular flexibility index (Phi) is 4.87. The lowest BCUT2D eigenvalue weighted by Gasteiger charge is -2.10. The van der Waals surface area contributed by atoms with Gasteiger partial charge < -0.3 is 5.11 Å². The monoisotopic (exact) mass is 327 g/mol. The van der Waals surface area contributed by atoms with Crippen molar-refractivity contribution in [1.82, 2.24) is 0 Å². The molecular weight excluding hydrogens is 313 g/mol. The molecule has 0 aromatic heterocycles. The van der Waals surface area contributed by atoms with Crippen LogP contribution in [0.1, 0.15) is 5.56 Å². The summed E-state index contributed by atoms with van der Waals surface area (Å²) in [6.07, 6.45) is 1.91. The minimum Gasteiger partial charge on any atom is -0.392 e. The Balaban J connectivity index is 2.33. The molecule has 0 spiro atoms. The topological polar surface area (TPSA) is 66.4 Å². The maximum atomic E-state index is 13.7.